The van der Waals surface area contributed by atoms with Gasteiger partial charge in [0.25, 0.3) is 0 Å². The van der Waals surface area contributed by atoms with Gasteiger partial charge in [-0.05, 0) is 55.6 Å². The van der Waals surface area contributed by atoms with Crippen molar-refractivity contribution in [3.63, 3.8) is 0 Å². The summed E-state index contributed by atoms with van der Waals surface area (Å²) in [6.07, 6.45) is 1.11. The average molecular weight is 379 g/mol. The van der Waals surface area contributed by atoms with Crippen molar-refractivity contribution in [2.24, 2.45) is 0 Å². The van der Waals surface area contributed by atoms with Crippen LogP contribution < -0.4 is 0 Å². The van der Waals surface area contributed by atoms with Crippen LogP contribution in [0.1, 0.15) is 22.4 Å². The number of aryl methyl sites for hydroxylation is 2. The summed E-state index contributed by atoms with van der Waals surface area (Å²) in [4.78, 5) is 3.84. The predicted octanol–water partition coefficient (Wildman–Crippen LogP) is 6.03. The number of fused-ring (bicyclic) bond motifs is 3. The molecule has 2 nitrogen and oxygen atoms in total. The molecule has 0 atom stereocenters. The van der Waals surface area contributed by atoms with Crippen LogP contribution in [0.15, 0.2) is 40.4 Å². The molecule has 0 spiro atoms. The first-order valence-electron chi connectivity index (χ1n) is 9.06. The molecular formula is C22H22N2S2. The van der Waals surface area contributed by atoms with Gasteiger partial charge in [0.05, 0.1) is 11.2 Å². The summed E-state index contributed by atoms with van der Waals surface area (Å²) in [7, 11) is 2.23. The van der Waals surface area contributed by atoms with Gasteiger partial charge < -0.3 is 9.47 Å². The SMILES string of the molecule is Cc1ccc2c(c1)c1c(n2-c2cscc2-c2sccc2C)CCN(C)C1. The van der Waals surface area contributed by atoms with Gasteiger partial charge in [-0.15, -0.1) is 22.7 Å². The van der Waals surface area contributed by atoms with Gasteiger partial charge in [-0.2, -0.15) is 0 Å². The highest BCUT2D eigenvalue weighted by Crippen LogP contribution is 2.41. The van der Waals surface area contributed by atoms with Crippen molar-refractivity contribution in [3.05, 3.63) is 62.8 Å². The molecule has 4 aromatic rings. The third-order valence-corrected chi connectivity index (χ3v) is 7.26. The molecule has 4 heteroatoms. The molecule has 26 heavy (non-hydrogen) atoms. The first-order valence-corrected chi connectivity index (χ1v) is 10.9. The van der Waals surface area contributed by atoms with Gasteiger partial charge in [-0.3, -0.25) is 0 Å². The van der Waals surface area contributed by atoms with Gasteiger partial charge >= 0.3 is 0 Å². The Morgan fingerprint density at radius 3 is 2.77 bits per heavy atom. The van der Waals surface area contributed by atoms with E-state index >= 15 is 0 Å². The van der Waals surface area contributed by atoms with Crippen molar-refractivity contribution in [3.8, 4) is 16.1 Å². The van der Waals surface area contributed by atoms with Crippen molar-refractivity contribution in [2.45, 2.75) is 26.8 Å². The number of nitrogens with zero attached hydrogens (tertiary/aromatic N) is 2. The van der Waals surface area contributed by atoms with E-state index in [0.717, 1.165) is 19.5 Å². The molecule has 5 rings (SSSR count). The van der Waals surface area contributed by atoms with Crippen LogP contribution in [0.25, 0.3) is 27.0 Å². The van der Waals surface area contributed by atoms with E-state index in [2.05, 4.69) is 70.8 Å². The largest absolute Gasteiger partial charge is 0.312 e. The summed E-state index contributed by atoms with van der Waals surface area (Å²) < 4.78 is 2.54. The second-order valence-electron chi connectivity index (χ2n) is 7.37. The van der Waals surface area contributed by atoms with Crippen LogP contribution in [-0.4, -0.2) is 23.1 Å². The molecule has 3 aromatic heterocycles. The van der Waals surface area contributed by atoms with Gasteiger partial charge in [0, 0.05) is 51.8 Å². The van der Waals surface area contributed by atoms with Crippen LogP contribution in [0.4, 0.5) is 0 Å². The van der Waals surface area contributed by atoms with E-state index in [-0.39, 0.29) is 0 Å². The van der Waals surface area contributed by atoms with Crippen molar-refractivity contribution < 1.29 is 0 Å². The van der Waals surface area contributed by atoms with E-state index in [1.54, 1.807) is 0 Å². The zero-order chi connectivity index (χ0) is 17.8. The third kappa shape index (κ3) is 2.40. The van der Waals surface area contributed by atoms with E-state index in [1.165, 1.54) is 49.4 Å². The quantitative estimate of drug-likeness (QED) is 0.414. The molecule has 1 aliphatic heterocycles. The smallest absolute Gasteiger partial charge is 0.0652 e. The van der Waals surface area contributed by atoms with E-state index in [0.29, 0.717) is 0 Å². The minimum atomic E-state index is 1.04. The van der Waals surface area contributed by atoms with Crippen LogP contribution in [0.5, 0.6) is 0 Å². The summed E-state index contributed by atoms with van der Waals surface area (Å²) in [6.45, 7) is 6.58. The van der Waals surface area contributed by atoms with Crippen LogP contribution in [0.2, 0.25) is 0 Å². The van der Waals surface area contributed by atoms with Gasteiger partial charge in [0.2, 0.25) is 0 Å². The maximum absolute atomic E-state index is 2.54. The second kappa shape index (κ2) is 6.08. The fourth-order valence-electron chi connectivity index (χ4n) is 4.16. The Balaban J connectivity index is 1.82. The molecule has 132 valence electrons. The van der Waals surface area contributed by atoms with Crippen LogP contribution in [-0.2, 0) is 13.0 Å². The molecule has 0 amide bonds. The normalized spacial score (nSPS) is 14.9. The minimum Gasteiger partial charge on any atom is -0.312 e. The highest BCUT2D eigenvalue weighted by Gasteiger charge is 2.25. The van der Waals surface area contributed by atoms with Crippen molar-refractivity contribution in [2.75, 3.05) is 13.6 Å². The lowest BCUT2D eigenvalue weighted by Crippen LogP contribution is -2.27. The Bertz CT molecular complexity index is 1110. The van der Waals surface area contributed by atoms with Crippen LogP contribution in [0, 0.1) is 13.8 Å². The second-order valence-corrected chi connectivity index (χ2v) is 9.03. The molecule has 0 unspecified atom stereocenters. The van der Waals surface area contributed by atoms with Gasteiger partial charge in [-0.1, -0.05) is 11.6 Å². The van der Waals surface area contributed by atoms with Crippen molar-refractivity contribution >= 4 is 33.6 Å². The summed E-state index contributed by atoms with van der Waals surface area (Å²) in [5.41, 5.74) is 9.79. The molecule has 0 saturated carbocycles. The lowest BCUT2D eigenvalue weighted by atomic mass is 10.0. The number of benzene rings is 1. The van der Waals surface area contributed by atoms with Gasteiger partial charge in [-0.25, -0.2) is 0 Å². The van der Waals surface area contributed by atoms with Gasteiger partial charge in [0.15, 0.2) is 0 Å². The molecule has 0 fully saturated rings. The molecule has 0 radical (unpaired) electrons. The zero-order valence-corrected chi connectivity index (χ0v) is 17.0. The minimum absolute atomic E-state index is 1.04. The number of thiophene rings is 2. The molecular weight excluding hydrogens is 356 g/mol. The lowest BCUT2D eigenvalue weighted by molar-refractivity contribution is 0.311. The molecule has 1 aromatic carbocycles. The van der Waals surface area contributed by atoms with Gasteiger partial charge in [0.1, 0.15) is 0 Å². The Kier molecular flexibility index (Phi) is 3.82. The number of rotatable bonds is 2. The summed E-state index contributed by atoms with van der Waals surface area (Å²) >= 11 is 3.66. The molecule has 0 saturated heterocycles. The molecule has 4 heterocycles. The molecule has 0 bridgehead atoms. The highest BCUT2D eigenvalue weighted by atomic mass is 32.1. The Labute approximate surface area is 162 Å². The standard InChI is InChI=1S/C22H22N2S2/c1-14-4-5-19-16(10-14)17-11-23(3)8-6-20(17)24(19)21-13-25-12-18(21)22-15(2)7-9-26-22/h4-5,7,9-10,12-13H,6,8,11H2,1-3H3. The van der Waals surface area contributed by atoms with E-state index < -0.39 is 0 Å². The summed E-state index contributed by atoms with van der Waals surface area (Å²) in [5.74, 6) is 0. The fraction of sp³-hybridized carbons (Fsp3) is 0.273. The van der Waals surface area contributed by atoms with Crippen LogP contribution >= 0.6 is 22.7 Å². The Hall–Kier alpha value is -1.88. The van der Waals surface area contributed by atoms with Crippen LogP contribution in [0.3, 0.4) is 0 Å². The molecule has 1 aliphatic rings. The fourth-order valence-corrected chi connectivity index (χ4v) is 6.00. The monoisotopic (exact) mass is 378 g/mol. The van der Waals surface area contributed by atoms with E-state index in [4.69, 9.17) is 0 Å². The number of hydrogen-bond acceptors (Lipinski definition) is 3. The van der Waals surface area contributed by atoms with Crippen molar-refractivity contribution in [1.82, 2.24) is 9.47 Å². The summed E-state index contributed by atoms with van der Waals surface area (Å²) in [5, 5.41) is 8.27. The topological polar surface area (TPSA) is 8.17 Å². The Morgan fingerprint density at radius 1 is 1.08 bits per heavy atom. The summed E-state index contributed by atoms with van der Waals surface area (Å²) in [6, 6.07) is 9.15. The predicted molar refractivity (Wildman–Crippen MR) is 114 cm³/mol. The van der Waals surface area contributed by atoms with E-state index in [1.807, 2.05) is 22.7 Å². The van der Waals surface area contributed by atoms with Crippen molar-refractivity contribution in [1.29, 1.82) is 0 Å². The molecule has 0 aliphatic carbocycles. The third-order valence-electron chi connectivity index (χ3n) is 5.48. The van der Waals surface area contributed by atoms with E-state index in [9.17, 15) is 0 Å². The number of hydrogen-bond donors (Lipinski definition) is 0. The maximum atomic E-state index is 2.54. The Morgan fingerprint density at radius 2 is 1.96 bits per heavy atom. The lowest BCUT2D eigenvalue weighted by Gasteiger charge is -2.24. The highest BCUT2D eigenvalue weighted by molar-refractivity contribution is 7.14. The first kappa shape index (κ1) is 16.3. The maximum Gasteiger partial charge on any atom is 0.0652 e. The first-order chi connectivity index (χ1) is 12.6. The zero-order valence-electron chi connectivity index (χ0n) is 15.4. The molecule has 0 N–H and O–H groups in total. The number of aromatic nitrogens is 1. The average Bonchev–Trinajstić information content (AvgIpc) is 3.31. The number of likely N-dealkylation sites (N-methyl/N-ethyl adjacent to an activating group) is 1.